The number of aliphatic hydroxyl groups excluding tert-OH is 1. The van der Waals surface area contributed by atoms with Gasteiger partial charge < -0.3 is 10.1 Å². The zero-order valence-corrected chi connectivity index (χ0v) is 16.4. The van der Waals surface area contributed by atoms with Gasteiger partial charge in [0.1, 0.15) is 17.4 Å². The predicted molar refractivity (Wildman–Crippen MR) is 109 cm³/mol. The van der Waals surface area contributed by atoms with Gasteiger partial charge in [-0.3, -0.25) is 0 Å². The minimum absolute atomic E-state index is 0.0934. The van der Waals surface area contributed by atoms with Crippen molar-refractivity contribution in [3.05, 3.63) is 35.8 Å². The molecule has 1 aromatic carbocycles. The second-order valence-corrected chi connectivity index (χ2v) is 10.6. The highest BCUT2D eigenvalue weighted by atomic mass is 32.2. The number of imidazole rings is 1. The third-order valence-corrected chi connectivity index (χ3v) is 8.36. The van der Waals surface area contributed by atoms with E-state index in [0.29, 0.717) is 10.6 Å². The van der Waals surface area contributed by atoms with Crippen LogP contribution in [0.5, 0.6) is 0 Å². The van der Waals surface area contributed by atoms with Crippen LogP contribution in [-0.2, 0) is 0 Å². The fourth-order valence-electron chi connectivity index (χ4n) is 6.11. The van der Waals surface area contributed by atoms with E-state index in [0.717, 1.165) is 28.8 Å². The van der Waals surface area contributed by atoms with E-state index in [1.165, 1.54) is 38.5 Å². The summed E-state index contributed by atoms with van der Waals surface area (Å²) in [6.45, 7) is 2.04. The smallest absolute Gasteiger partial charge is 0.152 e. The molecule has 0 aliphatic heterocycles. The van der Waals surface area contributed by atoms with E-state index in [1.807, 2.05) is 43.0 Å². The number of nitrogens with zero attached hydrogens (tertiary/aromatic N) is 2. The summed E-state index contributed by atoms with van der Waals surface area (Å²) in [5.74, 6) is 3.28. The van der Waals surface area contributed by atoms with Crippen molar-refractivity contribution >= 4 is 28.4 Å². The van der Waals surface area contributed by atoms with Crippen LogP contribution in [0.3, 0.4) is 0 Å². The molecule has 0 unspecified atom stereocenters. The molecule has 5 heteroatoms. The molecule has 0 amide bonds. The largest absolute Gasteiger partial charge is 0.510 e. The van der Waals surface area contributed by atoms with Crippen LogP contribution < -0.4 is 0 Å². The van der Waals surface area contributed by atoms with E-state index >= 15 is 0 Å². The van der Waals surface area contributed by atoms with E-state index in [-0.39, 0.29) is 16.6 Å². The molecule has 4 aliphatic carbocycles. The summed E-state index contributed by atoms with van der Waals surface area (Å²) in [6.07, 6.45) is 8.10. The molecule has 0 saturated heterocycles. The second kappa shape index (κ2) is 6.31. The fourth-order valence-corrected chi connectivity index (χ4v) is 8.09. The Balaban J connectivity index is 1.43. The van der Waals surface area contributed by atoms with Crippen LogP contribution in [0, 0.1) is 29.1 Å². The number of para-hydroxylation sites is 2. The fraction of sp³-hybridized carbons (Fsp3) is 0.545. The van der Waals surface area contributed by atoms with Gasteiger partial charge in [-0.25, -0.2) is 4.98 Å². The first-order valence-corrected chi connectivity index (χ1v) is 10.9. The Labute approximate surface area is 164 Å². The lowest BCUT2D eigenvalue weighted by molar-refractivity contribution is 0.0381. The molecule has 4 nitrogen and oxygen atoms in total. The maximum absolute atomic E-state index is 10.9. The van der Waals surface area contributed by atoms with E-state index in [4.69, 9.17) is 0 Å². The Morgan fingerprint density at radius 2 is 1.85 bits per heavy atom. The molecular formula is C22H25N3OS. The van der Waals surface area contributed by atoms with E-state index < -0.39 is 0 Å². The van der Waals surface area contributed by atoms with Gasteiger partial charge in [0.2, 0.25) is 0 Å². The van der Waals surface area contributed by atoms with Crippen molar-refractivity contribution in [2.24, 2.45) is 17.8 Å². The van der Waals surface area contributed by atoms with E-state index in [1.54, 1.807) is 0 Å². The third-order valence-electron chi connectivity index (χ3n) is 6.79. The highest BCUT2D eigenvalue weighted by Crippen LogP contribution is 2.61. The van der Waals surface area contributed by atoms with Gasteiger partial charge >= 0.3 is 0 Å². The summed E-state index contributed by atoms with van der Waals surface area (Å²) in [4.78, 5) is 7.69. The first-order chi connectivity index (χ1) is 13.0. The number of aromatic nitrogens is 2. The van der Waals surface area contributed by atoms with Crippen LogP contribution in [0.15, 0.2) is 30.0 Å². The van der Waals surface area contributed by atoms with Gasteiger partial charge in [-0.1, -0.05) is 12.1 Å². The molecule has 1 atom stereocenters. The van der Waals surface area contributed by atoms with Crippen molar-refractivity contribution in [2.75, 3.05) is 0 Å². The van der Waals surface area contributed by atoms with Gasteiger partial charge in [0.15, 0.2) is 5.82 Å². The molecule has 1 heterocycles. The Morgan fingerprint density at radius 3 is 2.44 bits per heavy atom. The average molecular weight is 380 g/mol. The lowest BCUT2D eigenvalue weighted by Gasteiger charge is -2.57. The molecule has 140 valence electrons. The summed E-state index contributed by atoms with van der Waals surface area (Å²) in [7, 11) is 0. The molecule has 4 saturated carbocycles. The second-order valence-electron chi connectivity index (χ2n) is 8.84. The number of allylic oxidation sites excluding steroid dienone is 1. The van der Waals surface area contributed by atoms with Crippen molar-refractivity contribution in [3.8, 4) is 6.07 Å². The van der Waals surface area contributed by atoms with E-state index in [2.05, 4.69) is 16.0 Å². The minimum atomic E-state index is -0.0934. The zero-order valence-electron chi connectivity index (χ0n) is 15.6. The van der Waals surface area contributed by atoms with Gasteiger partial charge in [-0.2, -0.15) is 5.26 Å². The SMILES string of the molecule is C[C@H](SC12CC3CC(CC(C3)C1)C2)/C(O)=C(\C#N)c1nc2ccccc2[nH]1. The molecule has 4 fully saturated rings. The molecule has 2 aromatic rings. The number of H-pyrrole nitrogens is 1. The predicted octanol–water partition coefficient (Wildman–Crippen LogP) is 5.45. The molecule has 6 rings (SSSR count). The molecular weight excluding hydrogens is 354 g/mol. The Bertz CT molecular complexity index is 886. The number of thioether (sulfide) groups is 1. The minimum Gasteiger partial charge on any atom is -0.510 e. The third kappa shape index (κ3) is 2.95. The van der Waals surface area contributed by atoms with Crippen LogP contribution >= 0.6 is 11.8 Å². The Hall–Kier alpha value is -1.93. The van der Waals surface area contributed by atoms with E-state index in [9.17, 15) is 10.4 Å². The van der Waals surface area contributed by atoms with Crippen molar-refractivity contribution in [2.45, 2.75) is 55.4 Å². The monoisotopic (exact) mass is 379 g/mol. The number of hydrogen-bond donors (Lipinski definition) is 2. The molecule has 0 spiro atoms. The van der Waals surface area contributed by atoms with Gasteiger partial charge in [-0.05, 0) is 75.3 Å². The van der Waals surface area contributed by atoms with Gasteiger partial charge in [0.25, 0.3) is 0 Å². The number of rotatable bonds is 4. The lowest BCUT2D eigenvalue weighted by Crippen LogP contribution is -2.49. The maximum Gasteiger partial charge on any atom is 0.152 e. The molecule has 0 radical (unpaired) electrons. The average Bonchev–Trinajstić information content (AvgIpc) is 3.04. The first-order valence-electron chi connectivity index (χ1n) is 10.0. The summed E-state index contributed by atoms with van der Waals surface area (Å²) in [5, 5.41) is 20.6. The maximum atomic E-state index is 10.9. The molecule has 4 aliphatic rings. The zero-order chi connectivity index (χ0) is 18.6. The Morgan fingerprint density at radius 1 is 1.22 bits per heavy atom. The summed E-state index contributed by atoms with van der Waals surface area (Å²) in [6, 6.07) is 9.90. The summed E-state index contributed by atoms with van der Waals surface area (Å²) >= 11 is 1.91. The number of nitriles is 1. The quantitative estimate of drug-likeness (QED) is 0.547. The van der Waals surface area contributed by atoms with Crippen molar-refractivity contribution in [3.63, 3.8) is 0 Å². The number of nitrogens with one attached hydrogen (secondary N) is 1. The van der Waals surface area contributed by atoms with Crippen molar-refractivity contribution in [1.29, 1.82) is 5.26 Å². The van der Waals surface area contributed by atoms with Gasteiger partial charge in [0, 0.05) is 4.75 Å². The van der Waals surface area contributed by atoms with Crippen LogP contribution in [0.1, 0.15) is 51.3 Å². The normalized spacial score (nSPS) is 33.7. The van der Waals surface area contributed by atoms with Crippen molar-refractivity contribution < 1.29 is 5.11 Å². The van der Waals surface area contributed by atoms with Crippen LogP contribution in [0.2, 0.25) is 0 Å². The van der Waals surface area contributed by atoms with Crippen molar-refractivity contribution in [1.82, 2.24) is 9.97 Å². The topological polar surface area (TPSA) is 72.7 Å². The number of aliphatic hydroxyl groups is 1. The lowest BCUT2D eigenvalue weighted by atomic mass is 9.56. The number of aromatic amines is 1. The number of hydrogen-bond acceptors (Lipinski definition) is 4. The standard InChI is InChI=1S/C22H25N3OS/c1-13(27-22-9-14-6-15(10-22)8-16(7-14)11-22)20(26)17(12-23)21-24-18-4-2-3-5-19(18)25-21/h2-5,13-16,26H,6-11H2,1H3,(H,24,25)/b20-17-/t13-,14?,15?,16?,22?/m0/s1. The summed E-state index contributed by atoms with van der Waals surface area (Å²) < 4.78 is 0.302. The molecule has 1 aromatic heterocycles. The Kier molecular flexibility index (Phi) is 4.01. The summed E-state index contributed by atoms with van der Waals surface area (Å²) in [5.41, 5.74) is 1.97. The highest BCUT2D eigenvalue weighted by molar-refractivity contribution is 8.01. The van der Waals surface area contributed by atoms with Crippen LogP contribution in [0.4, 0.5) is 0 Å². The number of benzene rings is 1. The molecule has 2 N–H and O–H groups in total. The number of fused-ring (bicyclic) bond motifs is 1. The van der Waals surface area contributed by atoms with Gasteiger partial charge in [0.05, 0.1) is 16.3 Å². The first kappa shape index (κ1) is 17.2. The molecule has 4 bridgehead atoms. The van der Waals surface area contributed by atoms with Crippen LogP contribution in [-0.4, -0.2) is 25.1 Å². The van der Waals surface area contributed by atoms with Crippen LogP contribution in [0.25, 0.3) is 16.6 Å². The highest BCUT2D eigenvalue weighted by Gasteiger charge is 2.52. The molecule has 27 heavy (non-hydrogen) atoms. The van der Waals surface area contributed by atoms with Gasteiger partial charge in [-0.15, -0.1) is 11.8 Å².